The van der Waals surface area contributed by atoms with Gasteiger partial charge in [-0.2, -0.15) is 0 Å². The Morgan fingerprint density at radius 2 is 1.76 bits per heavy atom. The van der Waals surface area contributed by atoms with Gasteiger partial charge in [0.15, 0.2) is 0 Å². The Morgan fingerprint density at radius 3 is 2.43 bits per heavy atom. The Kier molecular flexibility index (Phi) is 7.86. The number of carboxylic acids is 1. The van der Waals surface area contributed by atoms with Crippen molar-refractivity contribution in [3.05, 3.63) is 94.5 Å². The summed E-state index contributed by atoms with van der Waals surface area (Å²) in [5.41, 5.74) is 4.93. The van der Waals surface area contributed by atoms with E-state index < -0.39 is 5.97 Å². The van der Waals surface area contributed by atoms with Gasteiger partial charge in [0.1, 0.15) is 23.6 Å². The molecule has 37 heavy (non-hydrogen) atoms. The van der Waals surface area contributed by atoms with Crippen LogP contribution in [0.1, 0.15) is 54.5 Å². The average molecular weight is 502 g/mol. The van der Waals surface area contributed by atoms with E-state index in [2.05, 4.69) is 45.0 Å². The van der Waals surface area contributed by atoms with Crippen LogP contribution in [0.3, 0.4) is 0 Å². The second-order valence-corrected chi connectivity index (χ2v) is 10.4. The van der Waals surface area contributed by atoms with Gasteiger partial charge in [0.2, 0.25) is 5.91 Å². The summed E-state index contributed by atoms with van der Waals surface area (Å²) in [6.45, 7) is 6.34. The molecule has 3 aromatic rings. The third kappa shape index (κ3) is 6.70. The third-order valence-electron chi connectivity index (χ3n) is 6.81. The van der Waals surface area contributed by atoms with Crippen LogP contribution in [-0.4, -0.2) is 41.1 Å². The Balaban J connectivity index is 1.44. The lowest BCUT2D eigenvalue weighted by molar-refractivity contribution is -0.144. The fourth-order valence-corrected chi connectivity index (χ4v) is 4.91. The van der Waals surface area contributed by atoms with Gasteiger partial charge in [-0.05, 0) is 58.9 Å². The van der Waals surface area contributed by atoms with E-state index in [0.29, 0.717) is 11.7 Å². The molecule has 0 bridgehead atoms. The van der Waals surface area contributed by atoms with Crippen LogP contribution >= 0.6 is 0 Å². The molecule has 0 aromatic heterocycles. The smallest absolute Gasteiger partial charge is 0.323 e. The van der Waals surface area contributed by atoms with Gasteiger partial charge in [0.25, 0.3) is 0 Å². The number of nitrogens with zero attached hydrogens (tertiary/aromatic N) is 1. The molecule has 0 spiro atoms. The van der Waals surface area contributed by atoms with Gasteiger partial charge in [0, 0.05) is 19.4 Å². The van der Waals surface area contributed by atoms with E-state index in [0.717, 1.165) is 35.3 Å². The molecule has 194 valence electrons. The van der Waals surface area contributed by atoms with Crippen LogP contribution < -0.4 is 9.47 Å². The highest BCUT2D eigenvalue weighted by molar-refractivity contribution is 5.83. The first-order chi connectivity index (χ1) is 17.6. The molecular formula is C31H35NO5. The first kappa shape index (κ1) is 26.3. The summed E-state index contributed by atoms with van der Waals surface area (Å²) in [4.78, 5) is 26.0. The lowest BCUT2D eigenvalue weighted by Gasteiger charge is -2.24. The zero-order chi connectivity index (χ0) is 26.6. The molecule has 0 fully saturated rings. The second kappa shape index (κ2) is 11.1. The summed E-state index contributed by atoms with van der Waals surface area (Å²) >= 11 is 0. The fraction of sp³-hybridized carbons (Fsp3) is 0.355. The molecule has 1 unspecified atom stereocenters. The molecule has 1 amide bonds. The van der Waals surface area contributed by atoms with Crippen LogP contribution in [0.5, 0.6) is 11.5 Å². The van der Waals surface area contributed by atoms with Gasteiger partial charge < -0.3 is 19.5 Å². The van der Waals surface area contributed by atoms with Crippen molar-refractivity contribution in [3.63, 3.8) is 0 Å². The number of ether oxygens (including phenoxy) is 2. The molecule has 0 saturated heterocycles. The molecule has 6 heteroatoms. The number of fused-ring (bicyclic) bond motifs is 1. The predicted octanol–water partition coefficient (Wildman–Crippen LogP) is 5.41. The summed E-state index contributed by atoms with van der Waals surface area (Å²) in [7, 11) is 1.57. The third-order valence-corrected chi connectivity index (χ3v) is 6.81. The minimum atomic E-state index is -1.05. The zero-order valence-electron chi connectivity index (χ0n) is 22.0. The maximum absolute atomic E-state index is 13.2. The molecule has 1 heterocycles. The van der Waals surface area contributed by atoms with Gasteiger partial charge in [-0.25, -0.2) is 0 Å². The molecule has 4 rings (SSSR count). The van der Waals surface area contributed by atoms with Gasteiger partial charge in [-0.15, -0.1) is 0 Å². The molecule has 0 saturated carbocycles. The van der Waals surface area contributed by atoms with Crippen LogP contribution in [0.25, 0.3) is 0 Å². The van der Waals surface area contributed by atoms with Crippen LogP contribution in [0.15, 0.2) is 66.7 Å². The highest BCUT2D eigenvalue weighted by Gasteiger charge is 2.35. The van der Waals surface area contributed by atoms with Crippen molar-refractivity contribution in [1.82, 2.24) is 4.90 Å². The summed E-state index contributed by atoms with van der Waals surface area (Å²) < 4.78 is 11.6. The molecule has 1 aliphatic rings. The van der Waals surface area contributed by atoms with Crippen molar-refractivity contribution in [2.45, 2.75) is 58.1 Å². The standard InChI is InChI=1S/C31H35NO5/c1-21(2)25-11-8-22(9-12-25)17-31(3)18-26-14-23(10-13-28(26)37-31)16-29(33)32(20-30(34)35)19-24-6-5-7-27(15-24)36-4/h5-15,21H,16-20H2,1-4H3,(H,34,35). The topological polar surface area (TPSA) is 76.1 Å². The SMILES string of the molecule is COc1cccc(CN(CC(=O)O)C(=O)Cc2ccc3c(c2)CC(C)(Cc2ccc(C(C)C)cc2)O3)c1. The quantitative estimate of drug-likeness (QED) is 0.402. The molecule has 1 aliphatic heterocycles. The Morgan fingerprint density at radius 1 is 1.03 bits per heavy atom. The van der Waals surface area contributed by atoms with Crippen molar-refractivity contribution in [1.29, 1.82) is 0 Å². The summed E-state index contributed by atoms with van der Waals surface area (Å²) in [5.74, 6) is 0.724. The average Bonchev–Trinajstić information content (AvgIpc) is 3.18. The minimum absolute atomic E-state index is 0.123. The summed E-state index contributed by atoms with van der Waals surface area (Å²) in [6, 6.07) is 21.9. The maximum atomic E-state index is 13.2. The highest BCUT2D eigenvalue weighted by atomic mass is 16.5. The number of rotatable bonds is 10. The lowest BCUT2D eigenvalue weighted by Crippen LogP contribution is -2.36. The number of hydrogen-bond donors (Lipinski definition) is 1. The number of methoxy groups -OCH3 is 1. The number of benzene rings is 3. The van der Waals surface area contributed by atoms with E-state index in [9.17, 15) is 14.7 Å². The minimum Gasteiger partial charge on any atom is -0.497 e. The van der Waals surface area contributed by atoms with Crippen molar-refractivity contribution in [2.75, 3.05) is 13.7 Å². The Hall–Kier alpha value is -3.80. The molecule has 3 aromatic carbocycles. The van der Waals surface area contributed by atoms with Gasteiger partial charge >= 0.3 is 5.97 Å². The van der Waals surface area contributed by atoms with Gasteiger partial charge in [-0.3, -0.25) is 9.59 Å². The number of carbonyl (C=O) groups excluding carboxylic acids is 1. The summed E-state index contributed by atoms with van der Waals surface area (Å²) in [6.07, 6.45) is 1.66. The van der Waals surface area contributed by atoms with E-state index in [1.165, 1.54) is 16.0 Å². The summed E-state index contributed by atoms with van der Waals surface area (Å²) in [5, 5.41) is 9.39. The number of hydrogen-bond acceptors (Lipinski definition) is 4. The number of carboxylic acid groups (broad SMARTS) is 1. The predicted molar refractivity (Wildman–Crippen MR) is 143 cm³/mol. The van der Waals surface area contributed by atoms with Crippen molar-refractivity contribution < 1.29 is 24.2 Å². The van der Waals surface area contributed by atoms with Crippen molar-refractivity contribution >= 4 is 11.9 Å². The van der Waals surface area contributed by atoms with E-state index >= 15 is 0 Å². The first-order valence-corrected chi connectivity index (χ1v) is 12.7. The van der Waals surface area contributed by atoms with Crippen molar-refractivity contribution in [2.24, 2.45) is 0 Å². The first-order valence-electron chi connectivity index (χ1n) is 12.7. The maximum Gasteiger partial charge on any atom is 0.323 e. The number of aliphatic carboxylic acids is 1. The Labute approximate surface area is 218 Å². The fourth-order valence-electron chi connectivity index (χ4n) is 4.91. The van der Waals surface area contributed by atoms with Crippen LogP contribution in [0.2, 0.25) is 0 Å². The van der Waals surface area contributed by atoms with E-state index in [1.54, 1.807) is 7.11 Å². The molecule has 6 nitrogen and oxygen atoms in total. The van der Waals surface area contributed by atoms with Crippen molar-refractivity contribution in [3.8, 4) is 11.5 Å². The van der Waals surface area contributed by atoms with Crippen LogP contribution in [-0.2, 0) is 35.4 Å². The van der Waals surface area contributed by atoms with E-state index in [1.807, 2.05) is 42.5 Å². The van der Waals surface area contributed by atoms with Gasteiger partial charge in [0.05, 0.1) is 13.5 Å². The number of amides is 1. The van der Waals surface area contributed by atoms with Crippen LogP contribution in [0.4, 0.5) is 0 Å². The molecular weight excluding hydrogens is 466 g/mol. The highest BCUT2D eigenvalue weighted by Crippen LogP contribution is 2.37. The molecule has 0 aliphatic carbocycles. The normalized spacial score (nSPS) is 16.2. The van der Waals surface area contributed by atoms with Crippen LogP contribution in [0, 0.1) is 0 Å². The monoisotopic (exact) mass is 501 g/mol. The zero-order valence-corrected chi connectivity index (χ0v) is 22.0. The van der Waals surface area contributed by atoms with Gasteiger partial charge in [-0.1, -0.05) is 62.4 Å². The second-order valence-electron chi connectivity index (χ2n) is 10.4. The molecule has 1 N–H and O–H groups in total. The lowest BCUT2D eigenvalue weighted by atomic mass is 9.90. The Bertz CT molecular complexity index is 1270. The van der Waals surface area contributed by atoms with E-state index in [-0.39, 0.29) is 31.0 Å². The molecule has 0 radical (unpaired) electrons. The number of carbonyl (C=O) groups is 2. The molecule has 1 atom stereocenters. The van der Waals surface area contributed by atoms with E-state index in [4.69, 9.17) is 9.47 Å². The largest absolute Gasteiger partial charge is 0.497 e.